The van der Waals surface area contributed by atoms with Crippen molar-refractivity contribution in [3.05, 3.63) is 48.1 Å². The van der Waals surface area contributed by atoms with Crippen molar-refractivity contribution < 1.29 is 17.9 Å². The van der Waals surface area contributed by atoms with Crippen LogP contribution in [-0.4, -0.2) is 10.2 Å². The monoisotopic (exact) mass is 318 g/mol. The van der Waals surface area contributed by atoms with E-state index in [4.69, 9.17) is 16.3 Å². The van der Waals surface area contributed by atoms with Gasteiger partial charge in [0.1, 0.15) is 11.4 Å². The normalized spacial score (nSPS) is 13.8. The minimum absolute atomic E-state index is 0.106. The molecule has 0 N–H and O–H groups in total. The molecule has 1 aromatic rings. The quantitative estimate of drug-likeness (QED) is 0.569. The number of aliphatic imine (C=N–C) groups is 1. The van der Waals surface area contributed by atoms with E-state index in [1.54, 1.807) is 19.1 Å². The highest BCUT2D eigenvalue weighted by Gasteiger charge is 2.32. The van der Waals surface area contributed by atoms with Crippen LogP contribution in [0.5, 0.6) is 5.75 Å². The molecule has 0 aliphatic rings. The Morgan fingerprint density at radius 2 is 2.14 bits per heavy atom. The number of hydrogen-bond acceptors (Lipinski definition) is 3. The second-order valence-corrected chi connectivity index (χ2v) is 4.22. The average Bonchev–Trinajstić information content (AvgIpc) is 2.44. The van der Waals surface area contributed by atoms with Gasteiger partial charge in [0.05, 0.1) is 6.20 Å². The summed E-state index contributed by atoms with van der Waals surface area (Å²) in [6.45, 7) is 3.64. The third-order valence-corrected chi connectivity index (χ3v) is 2.47. The van der Waals surface area contributed by atoms with E-state index in [-0.39, 0.29) is 16.7 Å². The minimum Gasteiger partial charge on any atom is -0.453 e. The lowest BCUT2D eigenvalue weighted by Crippen LogP contribution is -2.08. The Kier molecular flexibility index (Phi) is 6.42. The summed E-state index contributed by atoms with van der Waals surface area (Å²) in [6.07, 6.45) is 1.99. The van der Waals surface area contributed by atoms with Gasteiger partial charge in [-0.1, -0.05) is 24.6 Å². The number of nitrogens with zero attached hydrogens (tertiary/aromatic N) is 2. The third kappa shape index (κ3) is 5.59. The summed E-state index contributed by atoms with van der Waals surface area (Å²) in [5.41, 5.74) is -0.982. The van der Waals surface area contributed by atoms with E-state index >= 15 is 0 Å². The van der Waals surface area contributed by atoms with Gasteiger partial charge in [-0.05, 0) is 31.6 Å². The Balaban J connectivity index is 2.93. The summed E-state index contributed by atoms with van der Waals surface area (Å²) >= 11 is 5.96. The molecule has 0 aliphatic carbocycles. The fourth-order valence-electron chi connectivity index (χ4n) is 1.29. The average molecular weight is 319 g/mol. The molecule has 0 atom stereocenters. The van der Waals surface area contributed by atoms with Crippen LogP contribution in [0.15, 0.2) is 47.4 Å². The van der Waals surface area contributed by atoms with Gasteiger partial charge in [0, 0.05) is 6.20 Å². The fourth-order valence-corrected chi connectivity index (χ4v) is 1.46. The third-order valence-electron chi connectivity index (χ3n) is 2.18. The molecule has 0 spiro atoms. The van der Waals surface area contributed by atoms with E-state index < -0.39 is 11.9 Å². The summed E-state index contributed by atoms with van der Waals surface area (Å²) < 4.78 is 42.6. The molecule has 21 heavy (non-hydrogen) atoms. The van der Waals surface area contributed by atoms with E-state index in [0.717, 1.165) is 12.3 Å². The number of ether oxygens (including phenoxy) is 1. The van der Waals surface area contributed by atoms with E-state index in [0.29, 0.717) is 6.42 Å². The molecule has 1 heterocycles. The summed E-state index contributed by atoms with van der Waals surface area (Å²) in [6, 6.07) is 2.02. The summed E-state index contributed by atoms with van der Waals surface area (Å²) in [7, 11) is 0. The first-order chi connectivity index (χ1) is 9.88. The molecule has 1 aromatic heterocycles. The largest absolute Gasteiger partial charge is 0.453 e. The molecule has 0 bridgehead atoms. The van der Waals surface area contributed by atoms with Crippen LogP contribution >= 0.6 is 11.6 Å². The van der Waals surface area contributed by atoms with E-state index in [1.165, 1.54) is 12.3 Å². The number of hydrogen-bond donors (Lipinski definition) is 0. The fraction of sp³-hybridized carbons (Fsp3) is 0.286. The maximum absolute atomic E-state index is 12.4. The Hall–Kier alpha value is -1.82. The van der Waals surface area contributed by atoms with Crippen molar-refractivity contribution in [1.82, 2.24) is 4.98 Å². The molecule has 0 aliphatic heterocycles. The molecule has 0 aromatic carbocycles. The number of rotatable bonds is 5. The second kappa shape index (κ2) is 7.83. The highest BCUT2D eigenvalue weighted by atomic mass is 35.5. The molecule has 0 radical (unpaired) electrons. The molecule has 3 nitrogen and oxygen atoms in total. The van der Waals surface area contributed by atoms with E-state index in [1.807, 2.05) is 6.92 Å². The Bertz CT molecular complexity index is 548. The highest BCUT2D eigenvalue weighted by Crippen LogP contribution is 2.28. The van der Waals surface area contributed by atoms with Gasteiger partial charge in [-0.2, -0.15) is 13.2 Å². The van der Waals surface area contributed by atoms with Crippen molar-refractivity contribution in [2.24, 2.45) is 4.99 Å². The molecular formula is C14H14ClF3N2O. The minimum atomic E-state index is -4.48. The van der Waals surface area contributed by atoms with Gasteiger partial charge in [-0.25, -0.2) is 9.98 Å². The van der Waals surface area contributed by atoms with Crippen LogP contribution in [0.25, 0.3) is 0 Å². The van der Waals surface area contributed by atoms with E-state index in [2.05, 4.69) is 9.98 Å². The van der Waals surface area contributed by atoms with Crippen LogP contribution in [0.3, 0.4) is 0 Å². The standard InChI is InChI=1S/C14H14ClF3N2O/c1-3-5-11(13(15)19-8-4-2)21-10-6-7-12(20-9-10)14(16,17)18/h4-9H,3H2,1-2H3/b8-4-,11-5-,19-13-. The predicted octanol–water partition coefficient (Wildman–Crippen LogP) is 4.94. The van der Waals surface area contributed by atoms with Crippen LogP contribution in [-0.2, 0) is 6.18 Å². The summed E-state index contributed by atoms with van der Waals surface area (Å²) in [5.74, 6) is 0.412. The smallest absolute Gasteiger partial charge is 0.433 e. The predicted molar refractivity (Wildman–Crippen MR) is 76.3 cm³/mol. The molecule has 0 saturated carbocycles. The number of halogens is 4. The summed E-state index contributed by atoms with van der Waals surface area (Å²) in [5, 5.41) is 0.106. The molecule has 1 rings (SSSR count). The number of alkyl halides is 3. The van der Waals surface area contributed by atoms with E-state index in [9.17, 15) is 13.2 Å². The zero-order valence-electron chi connectivity index (χ0n) is 11.5. The topological polar surface area (TPSA) is 34.5 Å². The van der Waals surface area contributed by atoms with Gasteiger partial charge < -0.3 is 4.74 Å². The first-order valence-corrected chi connectivity index (χ1v) is 6.52. The molecule has 0 unspecified atom stereocenters. The number of pyridine rings is 1. The van der Waals surface area contributed by atoms with Crippen molar-refractivity contribution in [3.63, 3.8) is 0 Å². The molecular weight excluding hydrogens is 305 g/mol. The number of aromatic nitrogens is 1. The molecule has 114 valence electrons. The van der Waals surface area contributed by atoms with Crippen LogP contribution in [0.1, 0.15) is 26.0 Å². The Labute approximate surface area is 125 Å². The molecule has 0 saturated heterocycles. The van der Waals surface area contributed by atoms with Crippen LogP contribution in [0.4, 0.5) is 13.2 Å². The maximum Gasteiger partial charge on any atom is 0.433 e. The van der Waals surface area contributed by atoms with Crippen molar-refractivity contribution in [1.29, 1.82) is 0 Å². The zero-order chi connectivity index (χ0) is 15.9. The summed E-state index contributed by atoms with van der Waals surface area (Å²) in [4.78, 5) is 7.23. The van der Waals surface area contributed by atoms with Crippen molar-refractivity contribution in [2.45, 2.75) is 26.4 Å². The SMILES string of the molecule is C\C=C/N=C(Cl)/C(=C/CC)Oc1ccc(C(F)(F)F)nc1. The van der Waals surface area contributed by atoms with Crippen molar-refractivity contribution in [2.75, 3.05) is 0 Å². The van der Waals surface area contributed by atoms with Crippen molar-refractivity contribution >= 4 is 16.8 Å². The maximum atomic E-state index is 12.4. The number of allylic oxidation sites excluding steroid dienone is 3. The molecule has 7 heteroatoms. The Morgan fingerprint density at radius 1 is 1.43 bits per heavy atom. The highest BCUT2D eigenvalue weighted by molar-refractivity contribution is 6.69. The van der Waals surface area contributed by atoms with Crippen LogP contribution in [0, 0.1) is 0 Å². The van der Waals surface area contributed by atoms with Gasteiger partial charge in [0.15, 0.2) is 10.9 Å². The first kappa shape index (κ1) is 17.2. The van der Waals surface area contributed by atoms with Gasteiger partial charge in [0.2, 0.25) is 0 Å². The molecule has 0 amide bonds. The lowest BCUT2D eigenvalue weighted by Gasteiger charge is -2.09. The van der Waals surface area contributed by atoms with Gasteiger partial charge in [-0.15, -0.1) is 0 Å². The second-order valence-electron chi connectivity index (χ2n) is 3.86. The zero-order valence-corrected chi connectivity index (χ0v) is 12.2. The molecule has 0 fully saturated rings. The van der Waals surface area contributed by atoms with Crippen LogP contribution in [0.2, 0.25) is 0 Å². The van der Waals surface area contributed by atoms with Crippen LogP contribution < -0.4 is 4.74 Å². The Morgan fingerprint density at radius 3 is 2.62 bits per heavy atom. The van der Waals surface area contributed by atoms with Gasteiger partial charge >= 0.3 is 6.18 Å². The first-order valence-electron chi connectivity index (χ1n) is 6.14. The lowest BCUT2D eigenvalue weighted by atomic mass is 10.3. The van der Waals surface area contributed by atoms with Gasteiger partial charge in [0.25, 0.3) is 0 Å². The van der Waals surface area contributed by atoms with Crippen molar-refractivity contribution in [3.8, 4) is 5.75 Å². The lowest BCUT2D eigenvalue weighted by molar-refractivity contribution is -0.141. The van der Waals surface area contributed by atoms with Gasteiger partial charge in [-0.3, -0.25) is 0 Å².